The van der Waals surface area contributed by atoms with Gasteiger partial charge in [0.05, 0.1) is 5.52 Å². The van der Waals surface area contributed by atoms with Gasteiger partial charge in [-0.2, -0.15) is 0 Å². The van der Waals surface area contributed by atoms with E-state index < -0.39 is 0 Å². The van der Waals surface area contributed by atoms with Crippen molar-refractivity contribution in [1.29, 1.82) is 0 Å². The largest absolute Gasteiger partial charge is 0.366 e. The normalized spacial score (nSPS) is 14.5. The van der Waals surface area contributed by atoms with Crippen molar-refractivity contribution in [3.05, 3.63) is 72.3 Å². The summed E-state index contributed by atoms with van der Waals surface area (Å²) in [6.07, 6.45) is 3.87. The number of carbonyl (C=O) groups is 1. The monoisotopic (exact) mass is 353 g/mol. The summed E-state index contributed by atoms with van der Waals surface area (Å²) in [5.41, 5.74) is 10.8. The molecular formula is C24H21N2O. The minimum absolute atomic E-state index is 0.385. The number of amides is 1. The number of carbonyl (C=O) groups excluding carboxylic acids is 1. The molecule has 4 aromatic rings. The molecule has 0 atom stereocenters. The van der Waals surface area contributed by atoms with Crippen LogP contribution in [0.15, 0.2) is 60.7 Å². The van der Waals surface area contributed by atoms with Crippen LogP contribution in [0.5, 0.6) is 0 Å². The predicted octanol–water partition coefficient (Wildman–Crippen LogP) is 5.16. The molecule has 3 nitrogen and oxygen atoms in total. The van der Waals surface area contributed by atoms with Gasteiger partial charge in [0.15, 0.2) is 0 Å². The molecule has 0 spiro atoms. The van der Waals surface area contributed by atoms with Crippen molar-refractivity contribution in [2.24, 2.45) is 11.7 Å². The summed E-state index contributed by atoms with van der Waals surface area (Å²) in [5.74, 6) is 0.324. The summed E-state index contributed by atoms with van der Waals surface area (Å²) in [7, 11) is 0. The van der Waals surface area contributed by atoms with Gasteiger partial charge in [0, 0.05) is 28.4 Å². The lowest BCUT2D eigenvalue weighted by molar-refractivity contribution is 0.100. The van der Waals surface area contributed by atoms with E-state index in [-0.39, 0.29) is 5.91 Å². The van der Waals surface area contributed by atoms with E-state index in [2.05, 4.69) is 47.0 Å². The zero-order chi connectivity index (χ0) is 18.4. The van der Waals surface area contributed by atoms with Crippen molar-refractivity contribution in [3.63, 3.8) is 0 Å². The number of hydrogen-bond donors (Lipinski definition) is 1. The van der Waals surface area contributed by atoms with Crippen molar-refractivity contribution in [2.45, 2.75) is 25.8 Å². The maximum atomic E-state index is 12.0. The van der Waals surface area contributed by atoms with Crippen LogP contribution in [0.2, 0.25) is 0 Å². The highest BCUT2D eigenvalue weighted by Gasteiger charge is 2.22. The number of hydrogen-bond acceptors (Lipinski definition) is 1. The van der Waals surface area contributed by atoms with E-state index in [0.29, 0.717) is 11.5 Å². The van der Waals surface area contributed by atoms with Crippen LogP contribution in [0.4, 0.5) is 0 Å². The van der Waals surface area contributed by atoms with Crippen molar-refractivity contribution >= 4 is 27.7 Å². The minimum atomic E-state index is -0.385. The third-order valence-electron chi connectivity index (χ3n) is 5.83. The Morgan fingerprint density at radius 1 is 1.04 bits per heavy atom. The molecule has 0 unspecified atom stereocenters. The first-order valence-electron chi connectivity index (χ1n) is 9.54. The van der Waals surface area contributed by atoms with Crippen LogP contribution in [-0.2, 0) is 6.54 Å². The smallest absolute Gasteiger partial charge is 0.249 e. The van der Waals surface area contributed by atoms with Crippen molar-refractivity contribution in [3.8, 4) is 11.1 Å². The van der Waals surface area contributed by atoms with E-state index in [1.165, 1.54) is 24.8 Å². The number of nitrogens with two attached hydrogens (primary N) is 1. The fourth-order valence-corrected chi connectivity index (χ4v) is 4.19. The number of primary amides is 1. The average Bonchev–Trinajstić information content (AvgIpc) is 2.98. The molecule has 1 radical (unpaired) electrons. The molecule has 2 N–H and O–H groups in total. The maximum Gasteiger partial charge on any atom is 0.249 e. The fraction of sp³-hybridized carbons (Fsp3) is 0.208. The Labute approximate surface area is 158 Å². The lowest BCUT2D eigenvalue weighted by Gasteiger charge is -2.26. The highest BCUT2D eigenvalue weighted by Crippen LogP contribution is 2.37. The van der Waals surface area contributed by atoms with Crippen LogP contribution in [0, 0.1) is 12.0 Å². The van der Waals surface area contributed by atoms with Crippen LogP contribution in [-0.4, -0.2) is 10.5 Å². The average molecular weight is 353 g/mol. The highest BCUT2D eigenvalue weighted by atomic mass is 16.1. The first-order chi connectivity index (χ1) is 13.2. The fourth-order valence-electron chi connectivity index (χ4n) is 4.19. The topological polar surface area (TPSA) is 48.0 Å². The summed E-state index contributed by atoms with van der Waals surface area (Å²) >= 11 is 0. The van der Waals surface area contributed by atoms with Gasteiger partial charge in [-0.15, -0.1) is 0 Å². The number of nitrogens with zero attached hydrogens (tertiary/aromatic N) is 1. The summed E-state index contributed by atoms with van der Waals surface area (Å²) in [4.78, 5) is 12.0. The summed E-state index contributed by atoms with van der Waals surface area (Å²) in [5, 5.41) is 1.91. The van der Waals surface area contributed by atoms with E-state index in [0.717, 1.165) is 33.9 Å². The molecule has 5 rings (SSSR count). The van der Waals surface area contributed by atoms with Gasteiger partial charge >= 0.3 is 0 Å². The molecule has 0 saturated heterocycles. The lowest BCUT2D eigenvalue weighted by Crippen LogP contribution is -2.18. The Morgan fingerprint density at radius 3 is 2.56 bits per heavy atom. The number of benzene rings is 3. The maximum absolute atomic E-state index is 12.0. The molecule has 27 heavy (non-hydrogen) atoms. The third-order valence-corrected chi connectivity index (χ3v) is 5.83. The summed E-state index contributed by atoms with van der Waals surface area (Å²) < 4.78 is 2.36. The van der Waals surface area contributed by atoms with Crippen molar-refractivity contribution in [2.75, 3.05) is 0 Å². The van der Waals surface area contributed by atoms with E-state index in [4.69, 9.17) is 5.73 Å². The molecule has 0 bridgehead atoms. The molecule has 1 amide bonds. The van der Waals surface area contributed by atoms with Gasteiger partial charge in [-0.05, 0) is 60.2 Å². The van der Waals surface area contributed by atoms with Gasteiger partial charge in [-0.1, -0.05) is 42.8 Å². The molecule has 1 aromatic heterocycles. The van der Waals surface area contributed by atoms with E-state index >= 15 is 0 Å². The van der Waals surface area contributed by atoms with Crippen molar-refractivity contribution in [1.82, 2.24) is 4.57 Å². The van der Waals surface area contributed by atoms with Crippen LogP contribution in [0.25, 0.3) is 32.9 Å². The quantitative estimate of drug-likeness (QED) is 0.541. The van der Waals surface area contributed by atoms with Crippen LogP contribution < -0.4 is 5.73 Å². The molecule has 1 aliphatic carbocycles. The SMILES string of the molecule is NC(=O)c1cccc2c1c1[c]cc(-c3ccccc3)cc1n2CC1CCC1. The third kappa shape index (κ3) is 2.62. The van der Waals surface area contributed by atoms with Crippen molar-refractivity contribution < 1.29 is 4.79 Å². The molecular weight excluding hydrogens is 332 g/mol. The molecule has 3 aromatic carbocycles. The Morgan fingerprint density at radius 2 is 1.85 bits per heavy atom. The molecule has 1 aliphatic rings. The molecule has 1 saturated carbocycles. The Bertz CT molecular complexity index is 1150. The minimum Gasteiger partial charge on any atom is -0.366 e. The number of rotatable bonds is 4. The summed E-state index contributed by atoms with van der Waals surface area (Å²) in [6, 6.07) is 23.9. The molecule has 3 heteroatoms. The Hall–Kier alpha value is -3.07. The van der Waals surface area contributed by atoms with E-state index in [1.54, 1.807) is 0 Å². The van der Waals surface area contributed by atoms with Gasteiger partial charge in [0.2, 0.25) is 5.91 Å². The Balaban J connectivity index is 1.80. The number of fused-ring (bicyclic) bond motifs is 3. The van der Waals surface area contributed by atoms with Gasteiger partial charge in [-0.3, -0.25) is 4.79 Å². The zero-order valence-electron chi connectivity index (χ0n) is 15.1. The number of aromatic nitrogens is 1. The first-order valence-corrected chi connectivity index (χ1v) is 9.54. The Kier molecular flexibility index (Phi) is 3.75. The van der Waals surface area contributed by atoms with Crippen LogP contribution in [0.3, 0.4) is 0 Å². The molecule has 133 valence electrons. The van der Waals surface area contributed by atoms with Gasteiger partial charge in [0.25, 0.3) is 0 Å². The molecule has 0 aliphatic heterocycles. The van der Waals surface area contributed by atoms with Crippen LogP contribution in [0.1, 0.15) is 29.6 Å². The summed E-state index contributed by atoms with van der Waals surface area (Å²) in [6.45, 7) is 0.980. The highest BCUT2D eigenvalue weighted by molar-refractivity contribution is 6.18. The van der Waals surface area contributed by atoms with Gasteiger partial charge in [-0.25, -0.2) is 0 Å². The van der Waals surface area contributed by atoms with Gasteiger partial charge in [0.1, 0.15) is 0 Å². The zero-order valence-corrected chi connectivity index (χ0v) is 15.1. The van der Waals surface area contributed by atoms with Crippen LogP contribution >= 0.6 is 0 Å². The molecule has 1 fully saturated rings. The van der Waals surface area contributed by atoms with Gasteiger partial charge < -0.3 is 10.3 Å². The lowest BCUT2D eigenvalue weighted by atomic mass is 9.85. The van der Waals surface area contributed by atoms with E-state index in [1.807, 2.05) is 24.3 Å². The first kappa shape index (κ1) is 16.1. The standard InChI is InChI=1S/C24H21N2O/c25-24(27)20-10-5-11-21-23(20)19-13-12-18(17-8-2-1-3-9-17)14-22(19)26(21)15-16-6-4-7-16/h1-3,5,8-12,14,16H,4,6-7,15H2,(H2,25,27). The second kappa shape index (κ2) is 6.27. The second-order valence-electron chi connectivity index (χ2n) is 7.49. The van der Waals surface area contributed by atoms with E-state index in [9.17, 15) is 4.79 Å². The molecule has 1 heterocycles. The predicted molar refractivity (Wildman–Crippen MR) is 110 cm³/mol. The second-order valence-corrected chi connectivity index (χ2v) is 7.49.